The largest absolute Gasteiger partial charge is 0.480 e. The number of carboxylic acid groups (broad SMARTS) is 1. The summed E-state index contributed by atoms with van der Waals surface area (Å²) in [5.41, 5.74) is 12.4. The predicted octanol–water partition coefficient (Wildman–Crippen LogP) is 3.21. The van der Waals surface area contributed by atoms with E-state index in [2.05, 4.69) is 0 Å². The minimum absolute atomic E-state index is 0.160. The van der Waals surface area contributed by atoms with Crippen LogP contribution in [0.2, 0.25) is 5.02 Å². The number of aliphatic carboxylic acids is 1. The first-order chi connectivity index (χ1) is 11.2. The Kier molecular flexibility index (Phi) is 5.59. The zero-order valence-electron chi connectivity index (χ0n) is 13.3. The zero-order chi connectivity index (χ0) is 17.9. The van der Waals surface area contributed by atoms with Crippen molar-refractivity contribution in [2.45, 2.75) is 31.3 Å². The Morgan fingerprint density at radius 2 is 1.92 bits per heavy atom. The highest BCUT2D eigenvalue weighted by Gasteiger charge is 2.30. The van der Waals surface area contributed by atoms with Crippen molar-refractivity contribution in [2.24, 2.45) is 11.5 Å². The monoisotopic (exact) mass is 350 g/mol. The molecule has 0 radical (unpaired) electrons. The number of carboxylic acids is 1. The minimum atomic E-state index is -1.36. The first kappa shape index (κ1) is 18.4. The van der Waals surface area contributed by atoms with Gasteiger partial charge < -0.3 is 16.6 Å². The Labute approximate surface area is 145 Å². The Morgan fingerprint density at radius 1 is 1.29 bits per heavy atom. The lowest BCUT2D eigenvalue weighted by Crippen LogP contribution is -2.49. The summed E-state index contributed by atoms with van der Waals surface area (Å²) in [7, 11) is 0. The highest BCUT2D eigenvalue weighted by molar-refractivity contribution is 6.30. The van der Waals surface area contributed by atoms with Gasteiger partial charge in [-0.1, -0.05) is 35.9 Å². The van der Waals surface area contributed by atoms with Crippen LogP contribution >= 0.6 is 11.6 Å². The molecule has 0 fully saturated rings. The summed E-state index contributed by atoms with van der Waals surface area (Å²) in [5, 5.41) is 9.51. The lowest BCUT2D eigenvalue weighted by atomic mass is 9.91. The fraction of sp³-hybridized carbons (Fsp3) is 0.278. The molecule has 2 aromatic rings. The predicted molar refractivity (Wildman–Crippen MR) is 93.4 cm³/mol. The van der Waals surface area contributed by atoms with Crippen LogP contribution in [0.5, 0.6) is 0 Å². The molecule has 0 aliphatic carbocycles. The zero-order valence-corrected chi connectivity index (χ0v) is 14.1. The molecule has 2 rings (SSSR count). The van der Waals surface area contributed by atoms with Crippen LogP contribution in [0.3, 0.4) is 0 Å². The molecule has 5 N–H and O–H groups in total. The molecule has 4 nitrogen and oxygen atoms in total. The summed E-state index contributed by atoms with van der Waals surface area (Å²) < 4.78 is 13.9. The van der Waals surface area contributed by atoms with Gasteiger partial charge in [0.15, 0.2) is 0 Å². The van der Waals surface area contributed by atoms with Crippen molar-refractivity contribution in [1.29, 1.82) is 0 Å². The van der Waals surface area contributed by atoms with E-state index in [9.17, 15) is 9.18 Å². The number of rotatable bonds is 6. The molecule has 24 heavy (non-hydrogen) atoms. The van der Waals surface area contributed by atoms with Gasteiger partial charge in [-0.3, -0.25) is 4.79 Å². The molecule has 128 valence electrons. The van der Waals surface area contributed by atoms with E-state index in [1.54, 1.807) is 18.2 Å². The van der Waals surface area contributed by atoms with Crippen molar-refractivity contribution >= 4 is 17.6 Å². The van der Waals surface area contributed by atoms with Gasteiger partial charge in [0, 0.05) is 16.6 Å². The molecular formula is C18H20ClFN2O2. The molecule has 2 aromatic carbocycles. The number of benzene rings is 2. The van der Waals surface area contributed by atoms with E-state index in [4.69, 9.17) is 28.2 Å². The van der Waals surface area contributed by atoms with E-state index in [1.807, 2.05) is 12.1 Å². The van der Waals surface area contributed by atoms with E-state index in [0.717, 1.165) is 5.56 Å². The van der Waals surface area contributed by atoms with Crippen molar-refractivity contribution in [3.63, 3.8) is 0 Å². The van der Waals surface area contributed by atoms with Gasteiger partial charge >= 0.3 is 5.97 Å². The molecule has 0 heterocycles. The van der Waals surface area contributed by atoms with Gasteiger partial charge in [0.1, 0.15) is 11.4 Å². The third-order valence-corrected chi connectivity index (χ3v) is 4.10. The van der Waals surface area contributed by atoms with E-state index in [1.165, 1.54) is 19.1 Å². The van der Waals surface area contributed by atoms with Crippen LogP contribution < -0.4 is 11.5 Å². The van der Waals surface area contributed by atoms with Crippen molar-refractivity contribution in [3.05, 3.63) is 58.9 Å². The van der Waals surface area contributed by atoms with Crippen LogP contribution in [0.15, 0.2) is 42.5 Å². The molecule has 0 amide bonds. The van der Waals surface area contributed by atoms with Gasteiger partial charge in [0.25, 0.3) is 0 Å². The molecule has 0 aromatic heterocycles. The maximum atomic E-state index is 13.9. The number of nitrogens with two attached hydrogens (primary N) is 2. The van der Waals surface area contributed by atoms with Crippen molar-refractivity contribution in [1.82, 2.24) is 0 Å². The summed E-state index contributed by atoms with van der Waals surface area (Å²) in [6.45, 7) is 1.44. The molecule has 6 heteroatoms. The van der Waals surface area contributed by atoms with Crippen LogP contribution in [0.4, 0.5) is 4.39 Å². The minimum Gasteiger partial charge on any atom is -0.480 e. The Morgan fingerprint density at radius 3 is 2.50 bits per heavy atom. The maximum Gasteiger partial charge on any atom is 0.323 e. The van der Waals surface area contributed by atoms with Crippen LogP contribution in [0.25, 0.3) is 11.1 Å². The number of hydrogen-bond acceptors (Lipinski definition) is 3. The van der Waals surface area contributed by atoms with Gasteiger partial charge in [0.2, 0.25) is 0 Å². The summed E-state index contributed by atoms with van der Waals surface area (Å²) in [4.78, 5) is 11.0. The Hall–Kier alpha value is -1.95. The standard InChI is InChI=1S/C18H20ClFN2O2/c1-18(22,17(23)24)10-14(21)8-11-2-4-12(5-3-11)15-9-13(19)6-7-16(15)20/h2-7,9,14H,8,10,21-22H2,1H3,(H,23,24). The lowest BCUT2D eigenvalue weighted by Gasteiger charge is -2.23. The van der Waals surface area contributed by atoms with Crippen molar-refractivity contribution in [2.75, 3.05) is 0 Å². The number of halogens is 2. The van der Waals surface area contributed by atoms with E-state index < -0.39 is 11.5 Å². The molecular weight excluding hydrogens is 331 g/mol. The SMILES string of the molecule is CC(N)(CC(N)Cc1ccc(-c2cc(Cl)ccc2F)cc1)C(=O)O. The molecule has 0 bridgehead atoms. The second-order valence-corrected chi connectivity index (χ2v) is 6.65. The quantitative estimate of drug-likeness (QED) is 0.746. The highest BCUT2D eigenvalue weighted by atomic mass is 35.5. The van der Waals surface area contributed by atoms with Gasteiger partial charge in [-0.25, -0.2) is 4.39 Å². The van der Waals surface area contributed by atoms with Crippen LogP contribution in [-0.4, -0.2) is 22.7 Å². The van der Waals surface area contributed by atoms with Gasteiger partial charge in [-0.2, -0.15) is 0 Å². The van der Waals surface area contributed by atoms with Gasteiger partial charge in [-0.15, -0.1) is 0 Å². The summed E-state index contributed by atoms with van der Waals surface area (Å²) in [5.74, 6) is -1.42. The lowest BCUT2D eigenvalue weighted by molar-refractivity contribution is -0.143. The summed E-state index contributed by atoms with van der Waals surface area (Å²) >= 11 is 5.91. The number of hydrogen-bond donors (Lipinski definition) is 3. The van der Waals surface area contributed by atoms with E-state index >= 15 is 0 Å². The first-order valence-electron chi connectivity index (χ1n) is 7.51. The molecule has 0 aliphatic heterocycles. The van der Waals surface area contributed by atoms with Crippen LogP contribution in [0, 0.1) is 5.82 Å². The first-order valence-corrected chi connectivity index (χ1v) is 7.89. The third kappa shape index (κ3) is 4.54. The molecule has 0 aliphatic rings. The molecule has 0 spiro atoms. The fourth-order valence-corrected chi connectivity index (χ4v) is 2.72. The van der Waals surface area contributed by atoms with Gasteiger partial charge in [0.05, 0.1) is 0 Å². The van der Waals surface area contributed by atoms with Crippen molar-refractivity contribution in [3.8, 4) is 11.1 Å². The summed E-state index contributed by atoms with van der Waals surface area (Å²) in [6, 6.07) is 11.3. The second kappa shape index (κ2) is 7.30. The Balaban J connectivity index is 2.10. The molecule has 0 saturated heterocycles. The molecule has 0 saturated carbocycles. The normalized spacial score (nSPS) is 14.9. The van der Waals surface area contributed by atoms with Crippen molar-refractivity contribution < 1.29 is 14.3 Å². The van der Waals surface area contributed by atoms with Crippen LogP contribution in [0.1, 0.15) is 18.9 Å². The molecule has 2 unspecified atom stereocenters. The van der Waals surface area contributed by atoms with E-state index in [0.29, 0.717) is 22.6 Å². The average Bonchev–Trinajstić information content (AvgIpc) is 2.50. The summed E-state index contributed by atoms with van der Waals surface area (Å²) in [6.07, 6.45) is 0.644. The average molecular weight is 351 g/mol. The topological polar surface area (TPSA) is 89.3 Å². The smallest absolute Gasteiger partial charge is 0.323 e. The highest BCUT2D eigenvalue weighted by Crippen LogP contribution is 2.26. The Bertz CT molecular complexity index is 732. The second-order valence-electron chi connectivity index (χ2n) is 6.21. The molecule has 2 atom stereocenters. The fourth-order valence-electron chi connectivity index (χ4n) is 2.55. The third-order valence-electron chi connectivity index (χ3n) is 3.87. The maximum absolute atomic E-state index is 13.9. The number of carbonyl (C=O) groups is 1. The van der Waals surface area contributed by atoms with E-state index in [-0.39, 0.29) is 18.3 Å². The van der Waals surface area contributed by atoms with Gasteiger partial charge in [-0.05, 0) is 49.1 Å². The van der Waals surface area contributed by atoms with Crippen LogP contribution in [-0.2, 0) is 11.2 Å².